The summed E-state index contributed by atoms with van der Waals surface area (Å²) in [6.07, 6.45) is 3.71. The van der Waals surface area contributed by atoms with Gasteiger partial charge in [-0.25, -0.2) is 0 Å². The average molecular weight is 524 g/mol. The highest BCUT2D eigenvalue weighted by Crippen LogP contribution is 2.36. The molecule has 1 saturated carbocycles. The Kier molecular flexibility index (Phi) is 7.63. The van der Waals surface area contributed by atoms with E-state index in [0.29, 0.717) is 11.3 Å². The fraction of sp³-hybridized carbons (Fsp3) is 0.308. The van der Waals surface area contributed by atoms with Crippen molar-refractivity contribution in [1.82, 2.24) is 9.69 Å². The van der Waals surface area contributed by atoms with Gasteiger partial charge in [0.15, 0.2) is 17.2 Å². The summed E-state index contributed by atoms with van der Waals surface area (Å²) < 4.78 is 9.25. The van der Waals surface area contributed by atoms with E-state index in [-0.39, 0.29) is 33.8 Å². The van der Waals surface area contributed by atoms with E-state index in [9.17, 15) is 19.5 Å². The van der Waals surface area contributed by atoms with E-state index in [1.165, 1.54) is 24.1 Å². The van der Waals surface area contributed by atoms with E-state index in [1.807, 2.05) is 19.1 Å². The Morgan fingerprint density at radius 2 is 1.84 bits per heavy atom. The minimum absolute atomic E-state index is 0.0149. The zero-order valence-corrected chi connectivity index (χ0v) is 21.4. The second-order valence-corrected chi connectivity index (χ2v) is 9.75. The maximum atomic E-state index is 14.1. The van der Waals surface area contributed by atoms with E-state index in [4.69, 9.17) is 16.2 Å². The highest BCUT2D eigenvalue weighted by atomic mass is 32.1. The number of anilines is 2. The van der Waals surface area contributed by atoms with Gasteiger partial charge in [-0.2, -0.15) is 4.37 Å². The molecule has 11 heteroatoms. The largest absolute Gasteiger partial charge is 0.504 e. The zero-order chi connectivity index (χ0) is 26.7. The number of hydrogen-bond donors (Lipinski definition) is 4. The van der Waals surface area contributed by atoms with Crippen LogP contribution in [0.5, 0.6) is 11.5 Å². The lowest BCUT2D eigenvalue weighted by atomic mass is 10.0. The molecule has 6 N–H and O–H groups in total. The van der Waals surface area contributed by atoms with Crippen molar-refractivity contribution in [3.63, 3.8) is 0 Å². The Bertz CT molecular complexity index is 1320. The van der Waals surface area contributed by atoms with Crippen LogP contribution in [0.1, 0.15) is 63.0 Å². The van der Waals surface area contributed by atoms with Gasteiger partial charge in [0.25, 0.3) is 11.8 Å². The number of aromatic hydroxyl groups is 1. The number of rotatable bonds is 8. The maximum Gasteiger partial charge on any atom is 0.273 e. The van der Waals surface area contributed by atoms with Gasteiger partial charge in [0.2, 0.25) is 5.91 Å². The number of phenols is 1. The number of nitrogens with zero attached hydrogens (tertiary/aromatic N) is 2. The predicted octanol–water partition coefficient (Wildman–Crippen LogP) is 3.29. The number of aromatic nitrogens is 1. The van der Waals surface area contributed by atoms with E-state index >= 15 is 0 Å². The fourth-order valence-corrected chi connectivity index (χ4v) is 5.20. The summed E-state index contributed by atoms with van der Waals surface area (Å²) in [5.41, 5.74) is 12.9. The number of carbonyl (C=O) groups excluding carboxylic acids is 3. The van der Waals surface area contributed by atoms with Crippen molar-refractivity contribution >= 4 is 40.6 Å². The van der Waals surface area contributed by atoms with Crippen molar-refractivity contribution in [2.24, 2.45) is 5.73 Å². The topological polar surface area (TPSA) is 161 Å². The first-order chi connectivity index (χ1) is 17.7. The Morgan fingerprint density at radius 1 is 1.16 bits per heavy atom. The van der Waals surface area contributed by atoms with E-state index < -0.39 is 23.8 Å². The van der Waals surface area contributed by atoms with Crippen LogP contribution < -0.4 is 26.4 Å². The Hall–Kier alpha value is -4.12. The smallest absolute Gasteiger partial charge is 0.273 e. The fourth-order valence-electron chi connectivity index (χ4n) is 4.46. The first kappa shape index (κ1) is 26.0. The lowest BCUT2D eigenvalue weighted by Gasteiger charge is -2.32. The summed E-state index contributed by atoms with van der Waals surface area (Å²) >= 11 is 0.743. The minimum Gasteiger partial charge on any atom is -0.504 e. The molecule has 0 saturated heterocycles. The predicted molar refractivity (Wildman–Crippen MR) is 141 cm³/mol. The number of amides is 3. The van der Waals surface area contributed by atoms with Crippen molar-refractivity contribution in [2.75, 3.05) is 17.7 Å². The molecule has 0 unspecified atom stereocenters. The van der Waals surface area contributed by atoms with Crippen LogP contribution in [0.3, 0.4) is 0 Å². The number of phenolic OH excluding ortho intramolecular Hbond substituents is 1. The summed E-state index contributed by atoms with van der Waals surface area (Å²) in [6.45, 7) is 1.91. The van der Waals surface area contributed by atoms with Gasteiger partial charge >= 0.3 is 0 Å². The zero-order valence-electron chi connectivity index (χ0n) is 20.6. The molecule has 4 rings (SSSR count). The Balaban J connectivity index is 1.88. The molecule has 1 aliphatic rings. The standard InChI is InChI=1S/C26H29N5O5S/c1-14-7-10-17(11-8-14)31(26(35)23-20(27)21(24(28)33)30-37-23)22(25(34)29-16-5-3-4-6-16)15-9-12-18(32)19(13-15)36-2/h7-13,16,22,32H,3-6,27H2,1-2H3,(H2,28,33)(H,29,34)/t22-/m0/s1. The van der Waals surface area contributed by atoms with Gasteiger partial charge in [-0.1, -0.05) is 36.6 Å². The SMILES string of the molecule is COc1cc([C@@H](C(=O)NC2CCCC2)N(C(=O)c2snc(C(N)=O)c2N)c2ccc(C)cc2)ccc1O. The van der Waals surface area contributed by atoms with Crippen LogP contribution in [0.25, 0.3) is 0 Å². The Labute approximate surface area is 218 Å². The van der Waals surface area contributed by atoms with Crippen LogP contribution in [0, 0.1) is 6.92 Å². The summed E-state index contributed by atoms with van der Waals surface area (Å²) in [6, 6.07) is 10.4. The lowest BCUT2D eigenvalue weighted by molar-refractivity contribution is -0.123. The second kappa shape index (κ2) is 10.9. The third kappa shape index (κ3) is 5.36. The number of aryl methyl sites for hydroxylation is 1. The molecule has 2 aromatic carbocycles. The van der Waals surface area contributed by atoms with E-state index in [0.717, 1.165) is 42.8 Å². The molecule has 1 aliphatic carbocycles. The number of hydrogen-bond acceptors (Lipinski definition) is 8. The molecule has 3 aromatic rings. The average Bonchev–Trinajstić information content (AvgIpc) is 3.53. The van der Waals surface area contributed by atoms with Crippen LogP contribution in [-0.2, 0) is 4.79 Å². The normalized spacial score (nSPS) is 14.2. The van der Waals surface area contributed by atoms with Crippen LogP contribution >= 0.6 is 11.5 Å². The molecule has 1 aromatic heterocycles. The van der Waals surface area contributed by atoms with Crippen molar-refractivity contribution < 1.29 is 24.2 Å². The molecule has 0 spiro atoms. The first-order valence-corrected chi connectivity index (χ1v) is 12.6. The second-order valence-electron chi connectivity index (χ2n) is 8.97. The molecule has 194 valence electrons. The van der Waals surface area contributed by atoms with Crippen LogP contribution in [-0.4, -0.2) is 40.4 Å². The minimum atomic E-state index is -1.15. The number of carbonyl (C=O) groups is 3. The molecular weight excluding hydrogens is 494 g/mol. The number of benzene rings is 2. The number of nitrogen functional groups attached to an aromatic ring is 1. The molecule has 1 atom stereocenters. The summed E-state index contributed by atoms with van der Waals surface area (Å²) in [5, 5.41) is 13.3. The van der Waals surface area contributed by atoms with Crippen molar-refractivity contribution in [3.05, 3.63) is 64.2 Å². The van der Waals surface area contributed by atoms with Gasteiger partial charge in [-0.3, -0.25) is 19.3 Å². The van der Waals surface area contributed by atoms with Crippen LogP contribution in [0.2, 0.25) is 0 Å². The molecule has 1 fully saturated rings. The lowest BCUT2D eigenvalue weighted by Crippen LogP contribution is -2.46. The molecule has 0 bridgehead atoms. The first-order valence-electron chi connectivity index (χ1n) is 11.8. The number of primary amides is 1. The molecule has 37 heavy (non-hydrogen) atoms. The third-order valence-electron chi connectivity index (χ3n) is 6.41. The third-order valence-corrected chi connectivity index (χ3v) is 7.27. The quantitative estimate of drug-likeness (QED) is 0.352. The van der Waals surface area contributed by atoms with Gasteiger partial charge < -0.3 is 26.6 Å². The van der Waals surface area contributed by atoms with Gasteiger partial charge in [-0.15, -0.1) is 0 Å². The van der Waals surface area contributed by atoms with Gasteiger partial charge in [0.05, 0.1) is 12.8 Å². The maximum absolute atomic E-state index is 14.1. The number of methoxy groups -OCH3 is 1. The monoisotopic (exact) mass is 523 g/mol. The summed E-state index contributed by atoms with van der Waals surface area (Å²) in [4.78, 5) is 41.0. The van der Waals surface area contributed by atoms with Crippen molar-refractivity contribution in [2.45, 2.75) is 44.7 Å². The summed E-state index contributed by atoms with van der Waals surface area (Å²) in [5.74, 6) is -1.82. The molecule has 0 aliphatic heterocycles. The molecule has 10 nitrogen and oxygen atoms in total. The summed E-state index contributed by atoms with van der Waals surface area (Å²) in [7, 11) is 1.40. The van der Waals surface area contributed by atoms with Crippen LogP contribution in [0.15, 0.2) is 42.5 Å². The molecule has 0 radical (unpaired) electrons. The number of nitrogens with two attached hydrogens (primary N) is 2. The van der Waals surface area contributed by atoms with Crippen molar-refractivity contribution in [1.29, 1.82) is 0 Å². The Morgan fingerprint density at radius 3 is 2.43 bits per heavy atom. The molecular formula is C26H29N5O5S. The van der Waals surface area contributed by atoms with Gasteiger partial charge in [0.1, 0.15) is 10.9 Å². The van der Waals surface area contributed by atoms with E-state index in [2.05, 4.69) is 9.69 Å². The highest BCUT2D eigenvalue weighted by molar-refractivity contribution is 7.09. The number of nitrogens with one attached hydrogen (secondary N) is 1. The van der Waals surface area contributed by atoms with Gasteiger partial charge in [0, 0.05) is 11.7 Å². The van der Waals surface area contributed by atoms with Gasteiger partial charge in [-0.05, 0) is 61.1 Å². The number of ether oxygens (including phenoxy) is 1. The molecule has 3 amide bonds. The highest BCUT2D eigenvalue weighted by Gasteiger charge is 2.37. The van der Waals surface area contributed by atoms with Crippen molar-refractivity contribution in [3.8, 4) is 11.5 Å². The molecule has 1 heterocycles. The van der Waals surface area contributed by atoms with E-state index in [1.54, 1.807) is 18.2 Å². The van der Waals surface area contributed by atoms with Crippen LogP contribution in [0.4, 0.5) is 11.4 Å².